The lowest BCUT2D eigenvalue weighted by molar-refractivity contribution is -0.132. The molecule has 4 rings (SSSR count). The van der Waals surface area contributed by atoms with Gasteiger partial charge in [0, 0.05) is 29.1 Å². The zero-order valence-corrected chi connectivity index (χ0v) is 18.6. The number of carbonyl (C=O) groups is 3. The number of hydrogen-bond acceptors (Lipinski definition) is 5. The van der Waals surface area contributed by atoms with E-state index < -0.39 is 6.04 Å². The fourth-order valence-corrected chi connectivity index (χ4v) is 4.45. The van der Waals surface area contributed by atoms with Crippen molar-refractivity contribution < 1.29 is 19.1 Å². The van der Waals surface area contributed by atoms with Gasteiger partial charge in [-0.05, 0) is 60.9 Å². The predicted octanol–water partition coefficient (Wildman–Crippen LogP) is 3.14. The minimum absolute atomic E-state index is 0.0705. The Morgan fingerprint density at radius 1 is 1.06 bits per heavy atom. The molecular weight excluding hydrogens is 426 g/mol. The molecule has 1 aliphatic heterocycles. The molecule has 7 nitrogen and oxygen atoms in total. The van der Waals surface area contributed by atoms with Crippen molar-refractivity contribution >= 4 is 41.2 Å². The molecule has 0 bridgehead atoms. The van der Waals surface area contributed by atoms with Crippen molar-refractivity contribution in [2.45, 2.75) is 24.9 Å². The van der Waals surface area contributed by atoms with Gasteiger partial charge >= 0.3 is 0 Å². The van der Waals surface area contributed by atoms with Crippen LogP contribution in [0.15, 0.2) is 54.6 Å². The highest BCUT2D eigenvalue weighted by Crippen LogP contribution is 2.24. The normalized spacial score (nSPS) is 17.9. The average molecular weight is 452 g/mol. The Kier molecular flexibility index (Phi) is 6.80. The number of benzene rings is 2. The second-order valence-corrected chi connectivity index (χ2v) is 8.74. The Hall–Kier alpha value is -3.26. The first kappa shape index (κ1) is 22.0. The molecule has 2 aromatic carbocycles. The molecule has 1 heterocycles. The molecule has 1 atom stereocenters. The average Bonchev–Trinajstić information content (AvgIpc) is 3.49. The third-order valence-corrected chi connectivity index (χ3v) is 6.34. The SMILES string of the molecule is COc1ccc(NC(=O)C2CSCN2C(=O)/C=C/c2ccc(C(=O)NC3CC3)cc2)cc1. The standard InChI is InChI=1S/C24H25N3O4S/c1-31-20-11-9-19(10-12-20)26-24(30)21-14-32-15-27(21)22(28)13-4-16-2-5-17(6-3-16)23(29)25-18-7-8-18/h2-6,9-13,18,21H,7-8,14-15H2,1H3,(H,25,29)(H,26,30)/b13-4+. The molecule has 0 aromatic heterocycles. The van der Waals surface area contributed by atoms with Crippen molar-refractivity contribution in [1.29, 1.82) is 0 Å². The Morgan fingerprint density at radius 3 is 2.44 bits per heavy atom. The van der Waals surface area contributed by atoms with E-state index in [9.17, 15) is 14.4 Å². The van der Waals surface area contributed by atoms with E-state index in [-0.39, 0.29) is 17.7 Å². The summed E-state index contributed by atoms with van der Waals surface area (Å²) >= 11 is 1.55. The third kappa shape index (κ3) is 5.50. The van der Waals surface area contributed by atoms with Crippen LogP contribution in [0.1, 0.15) is 28.8 Å². The lowest BCUT2D eigenvalue weighted by Gasteiger charge is -2.21. The van der Waals surface area contributed by atoms with Crippen molar-refractivity contribution in [3.8, 4) is 5.75 Å². The van der Waals surface area contributed by atoms with Crippen molar-refractivity contribution in [2.24, 2.45) is 0 Å². The van der Waals surface area contributed by atoms with Gasteiger partial charge in [0.2, 0.25) is 11.8 Å². The van der Waals surface area contributed by atoms with Crippen LogP contribution in [0.25, 0.3) is 6.08 Å². The Balaban J connectivity index is 1.34. The number of rotatable bonds is 7. The van der Waals surface area contributed by atoms with E-state index in [1.807, 2.05) is 0 Å². The van der Waals surface area contributed by atoms with Crippen LogP contribution in [0.4, 0.5) is 5.69 Å². The van der Waals surface area contributed by atoms with Gasteiger partial charge in [0.15, 0.2) is 0 Å². The largest absolute Gasteiger partial charge is 0.497 e. The van der Waals surface area contributed by atoms with Gasteiger partial charge in [0.05, 0.1) is 13.0 Å². The molecule has 2 N–H and O–H groups in total. The van der Waals surface area contributed by atoms with Crippen LogP contribution < -0.4 is 15.4 Å². The quantitative estimate of drug-likeness (QED) is 0.632. The van der Waals surface area contributed by atoms with Crippen molar-refractivity contribution in [1.82, 2.24) is 10.2 Å². The molecular formula is C24H25N3O4S. The highest BCUT2D eigenvalue weighted by atomic mass is 32.2. The molecule has 1 aliphatic carbocycles. The van der Waals surface area contributed by atoms with Crippen molar-refractivity contribution in [2.75, 3.05) is 24.1 Å². The number of thioether (sulfide) groups is 1. The van der Waals surface area contributed by atoms with E-state index in [2.05, 4.69) is 10.6 Å². The van der Waals surface area contributed by atoms with Gasteiger partial charge in [-0.15, -0.1) is 11.8 Å². The second-order valence-electron chi connectivity index (χ2n) is 7.74. The number of ether oxygens (including phenoxy) is 1. The fourth-order valence-electron chi connectivity index (χ4n) is 3.28. The Labute approximate surface area is 191 Å². The Morgan fingerprint density at radius 2 is 1.78 bits per heavy atom. The predicted molar refractivity (Wildman–Crippen MR) is 126 cm³/mol. The topological polar surface area (TPSA) is 87.7 Å². The first-order chi connectivity index (χ1) is 15.5. The van der Waals surface area contributed by atoms with Crippen LogP contribution in [0.2, 0.25) is 0 Å². The van der Waals surface area contributed by atoms with Gasteiger partial charge in [-0.25, -0.2) is 0 Å². The van der Waals surface area contributed by atoms with E-state index in [0.717, 1.165) is 18.4 Å². The smallest absolute Gasteiger partial charge is 0.251 e. The number of carbonyl (C=O) groups excluding carboxylic acids is 3. The maximum absolute atomic E-state index is 12.7. The summed E-state index contributed by atoms with van der Waals surface area (Å²) < 4.78 is 5.13. The van der Waals surface area contributed by atoms with E-state index in [0.29, 0.717) is 34.7 Å². The lowest BCUT2D eigenvalue weighted by Crippen LogP contribution is -2.43. The summed E-state index contributed by atoms with van der Waals surface area (Å²) in [6, 6.07) is 13.9. The number of hydrogen-bond donors (Lipinski definition) is 2. The van der Waals surface area contributed by atoms with Crippen LogP contribution in [0.3, 0.4) is 0 Å². The molecule has 1 saturated heterocycles. The monoisotopic (exact) mass is 451 g/mol. The maximum Gasteiger partial charge on any atom is 0.251 e. The molecule has 32 heavy (non-hydrogen) atoms. The summed E-state index contributed by atoms with van der Waals surface area (Å²) in [6.07, 6.45) is 5.26. The highest BCUT2D eigenvalue weighted by Gasteiger charge is 2.33. The first-order valence-corrected chi connectivity index (χ1v) is 11.6. The molecule has 8 heteroatoms. The molecule has 1 unspecified atom stereocenters. The van der Waals surface area contributed by atoms with Crippen LogP contribution >= 0.6 is 11.8 Å². The van der Waals surface area contributed by atoms with E-state index >= 15 is 0 Å². The summed E-state index contributed by atoms with van der Waals surface area (Å²) in [5, 5.41) is 5.82. The minimum Gasteiger partial charge on any atom is -0.497 e. The van der Waals surface area contributed by atoms with Gasteiger partial charge in [-0.2, -0.15) is 0 Å². The summed E-state index contributed by atoms with van der Waals surface area (Å²) in [5.41, 5.74) is 2.07. The summed E-state index contributed by atoms with van der Waals surface area (Å²) in [7, 11) is 1.58. The molecule has 2 fully saturated rings. The zero-order valence-electron chi connectivity index (χ0n) is 17.7. The second kappa shape index (κ2) is 9.91. The van der Waals surface area contributed by atoms with Crippen LogP contribution in [-0.2, 0) is 9.59 Å². The van der Waals surface area contributed by atoms with E-state index in [1.165, 1.54) is 6.08 Å². The number of methoxy groups -OCH3 is 1. The lowest BCUT2D eigenvalue weighted by atomic mass is 10.1. The molecule has 166 valence electrons. The number of amides is 3. The fraction of sp³-hybridized carbons (Fsp3) is 0.292. The van der Waals surface area contributed by atoms with Gasteiger partial charge in [-0.1, -0.05) is 12.1 Å². The zero-order chi connectivity index (χ0) is 22.5. The summed E-state index contributed by atoms with van der Waals surface area (Å²) in [4.78, 5) is 39.1. The van der Waals surface area contributed by atoms with Crippen LogP contribution in [0.5, 0.6) is 5.75 Å². The van der Waals surface area contributed by atoms with Gasteiger partial charge in [-0.3, -0.25) is 14.4 Å². The summed E-state index contributed by atoms with van der Waals surface area (Å²) in [5.74, 6) is 1.21. The number of nitrogens with one attached hydrogen (secondary N) is 2. The van der Waals surface area contributed by atoms with Crippen molar-refractivity contribution in [3.63, 3.8) is 0 Å². The van der Waals surface area contributed by atoms with Crippen molar-refractivity contribution in [3.05, 3.63) is 65.7 Å². The van der Waals surface area contributed by atoms with E-state index in [4.69, 9.17) is 4.74 Å². The Bertz CT molecular complexity index is 1020. The molecule has 0 spiro atoms. The van der Waals surface area contributed by atoms with Gasteiger partial charge in [0.1, 0.15) is 11.8 Å². The molecule has 2 aromatic rings. The first-order valence-electron chi connectivity index (χ1n) is 10.5. The molecule has 0 radical (unpaired) electrons. The maximum atomic E-state index is 12.7. The number of anilines is 1. The highest BCUT2D eigenvalue weighted by molar-refractivity contribution is 7.99. The molecule has 1 saturated carbocycles. The number of nitrogens with zero attached hydrogens (tertiary/aromatic N) is 1. The summed E-state index contributed by atoms with van der Waals surface area (Å²) in [6.45, 7) is 0. The minimum atomic E-state index is -0.534. The van der Waals surface area contributed by atoms with Crippen LogP contribution in [-0.4, -0.2) is 53.4 Å². The van der Waals surface area contributed by atoms with Gasteiger partial charge < -0.3 is 20.3 Å². The van der Waals surface area contributed by atoms with Gasteiger partial charge in [0.25, 0.3) is 5.91 Å². The molecule has 2 aliphatic rings. The third-order valence-electron chi connectivity index (χ3n) is 5.33. The van der Waals surface area contributed by atoms with Crippen LogP contribution in [0, 0.1) is 0 Å². The molecule has 3 amide bonds. The van der Waals surface area contributed by atoms with E-state index in [1.54, 1.807) is 78.4 Å².